The van der Waals surface area contributed by atoms with E-state index >= 15 is 0 Å². The fourth-order valence-corrected chi connectivity index (χ4v) is 3.69. The first kappa shape index (κ1) is 13.2. The molecule has 4 aromatic rings. The van der Waals surface area contributed by atoms with Crippen LogP contribution in [0.3, 0.4) is 0 Å². The van der Waals surface area contributed by atoms with Crippen molar-refractivity contribution in [2.45, 2.75) is 11.5 Å². The van der Waals surface area contributed by atoms with Crippen molar-refractivity contribution < 1.29 is 4.21 Å². The molecule has 0 aliphatic heterocycles. The van der Waals surface area contributed by atoms with Crippen LogP contribution in [0, 0.1) is 0 Å². The lowest BCUT2D eigenvalue weighted by atomic mass is 10.3. The quantitative estimate of drug-likeness (QED) is 0.630. The fraction of sp³-hybridized carbons (Fsp3) is 0.125. The maximum Gasteiger partial charge on any atom is 0.140 e. The smallest absolute Gasteiger partial charge is 0.140 e. The summed E-state index contributed by atoms with van der Waals surface area (Å²) in [6.07, 6.45) is 5.58. The second-order valence-electron chi connectivity index (χ2n) is 5.12. The third kappa shape index (κ3) is 2.42. The Morgan fingerprint density at radius 3 is 2.91 bits per heavy atom. The van der Waals surface area contributed by atoms with E-state index in [9.17, 15) is 4.21 Å². The summed E-state index contributed by atoms with van der Waals surface area (Å²) < 4.78 is 14.4. The number of nitrogens with zero attached hydrogens (tertiary/aromatic N) is 3. The van der Waals surface area contributed by atoms with Crippen molar-refractivity contribution in [2.75, 3.05) is 0 Å². The Morgan fingerprint density at radius 2 is 2.00 bits per heavy atom. The lowest BCUT2D eigenvalue weighted by Gasteiger charge is -2.03. The predicted octanol–water partition coefficient (Wildman–Crippen LogP) is 2.66. The first-order valence-corrected chi connectivity index (χ1v) is 8.47. The molecule has 0 saturated carbocycles. The van der Waals surface area contributed by atoms with Gasteiger partial charge >= 0.3 is 0 Å². The molecule has 0 aliphatic carbocycles. The van der Waals surface area contributed by atoms with Crippen molar-refractivity contribution >= 4 is 27.5 Å². The van der Waals surface area contributed by atoms with E-state index in [1.165, 1.54) is 0 Å². The Hall–Kier alpha value is -2.47. The van der Waals surface area contributed by atoms with E-state index in [-0.39, 0.29) is 0 Å². The number of pyridine rings is 1. The zero-order valence-corrected chi connectivity index (χ0v) is 12.6. The number of rotatable bonds is 4. The zero-order chi connectivity index (χ0) is 14.9. The molecule has 110 valence electrons. The van der Waals surface area contributed by atoms with Gasteiger partial charge in [-0.25, -0.2) is 9.97 Å². The molecular formula is C16H14N4OS. The predicted molar refractivity (Wildman–Crippen MR) is 86.8 cm³/mol. The van der Waals surface area contributed by atoms with Gasteiger partial charge in [0.25, 0.3) is 0 Å². The van der Waals surface area contributed by atoms with Crippen LogP contribution in [0.2, 0.25) is 0 Å². The number of aromatic nitrogens is 4. The van der Waals surface area contributed by atoms with E-state index in [0.29, 0.717) is 11.5 Å². The van der Waals surface area contributed by atoms with Crippen LogP contribution >= 0.6 is 0 Å². The topological polar surface area (TPSA) is 63.0 Å². The monoisotopic (exact) mass is 310 g/mol. The maximum absolute atomic E-state index is 12.4. The minimum absolute atomic E-state index is 0.413. The van der Waals surface area contributed by atoms with Gasteiger partial charge in [-0.2, -0.15) is 0 Å². The highest BCUT2D eigenvalue weighted by Crippen LogP contribution is 2.15. The molecule has 0 amide bonds. The molecule has 0 saturated heterocycles. The molecule has 3 heterocycles. The summed E-state index contributed by atoms with van der Waals surface area (Å²) in [7, 11) is -1.04. The van der Waals surface area contributed by atoms with E-state index in [0.717, 1.165) is 28.1 Å². The van der Waals surface area contributed by atoms with Crippen LogP contribution in [0.1, 0.15) is 11.4 Å². The number of H-pyrrole nitrogens is 1. The van der Waals surface area contributed by atoms with Crippen LogP contribution in [0.5, 0.6) is 0 Å². The molecule has 5 nitrogen and oxygen atoms in total. The van der Waals surface area contributed by atoms with Crippen LogP contribution in [0.4, 0.5) is 0 Å². The molecule has 0 aliphatic rings. The van der Waals surface area contributed by atoms with Crippen LogP contribution in [-0.4, -0.2) is 23.6 Å². The highest BCUT2D eigenvalue weighted by atomic mass is 32.2. The second-order valence-corrected chi connectivity index (χ2v) is 6.58. The van der Waals surface area contributed by atoms with Gasteiger partial charge in [0.2, 0.25) is 0 Å². The molecule has 1 atom stereocenters. The summed E-state index contributed by atoms with van der Waals surface area (Å²) >= 11 is 0. The normalized spacial score (nSPS) is 12.9. The number of imidazole rings is 2. The summed E-state index contributed by atoms with van der Waals surface area (Å²) in [5.41, 5.74) is 3.73. The summed E-state index contributed by atoms with van der Waals surface area (Å²) in [5.74, 6) is 1.64. The SMILES string of the molecule is O=S(Cc1nc2ccccc2[nH]1)Cc1cccn2ccnc12. The van der Waals surface area contributed by atoms with Gasteiger partial charge in [0.1, 0.15) is 11.5 Å². The fourth-order valence-electron chi connectivity index (χ4n) is 2.57. The molecule has 1 unspecified atom stereocenters. The number of hydrogen-bond donors (Lipinski definition) is 1. The van der Waals surface area contributed by atoms with Crippen molar-refractivity contribution in [2.24, 2.45) is 0 Å². The van der Waals surface area contributed by atoms with Crippen LogP contribution in [0.25, 0.3) is 16.7 Å². The van der Waals surface area contributed by atoms with Crippen LogP contribution in [0.15, 0.2) is 55.0 Å². The van der Waals surface area contributed by atoms with Gasteiger partial charge in [0.15, 0.2) is 0 Å². The molecule has 1 aromatic carbocycles. The molecular weight excluding hydrogens is 296 g/mol. The van der Waals surface area contributed by atoms with Crippen LogP contribution < -0.4 is 0 Å². The average Bonchev–Trinajstić information content (AvgIpc) is 3.12. The molecule has 3 aromatic heterocycles. The lowest BCUT2D eigenvalue weighted by molar-refractivity contribution is 0.681. The summed E-state index contributed by atoms with van der Waals surface area (Å²) in [5, 5.41) is 0. The lowest BCUT2D eigenvalue weighted by Crippen LogP contribution is -2.02. The Bertz CT molecular complexity index is 939. The molecule has 0 spiro atoms. The number of hydrogen-bond acceptors (Lipinski definition) is 3. The van der Waals surface area contributed by atoms with Crippen molar-refractivity contribution in [3.63, 3.8) is 0 Å². The summed E-state index contributed by atoms with van der Waals surface area (Å²) in [6.45, 7) is 0. The summed E-state index contributed by atoms with van der Waals surface area (Å²) in [6, 6.07) is 11.7. The number of aromatic amines is 1. The Kier molecular flexibility index (Phi) is 3.23. The minimum Gasteiger partial charge on any atom is -0.341 e. The van der Waals surface area contributed by atoms with Gasteiger partial charge in [-0.05, 0) is 18.2 Å². The molecule has 22 heavy (non-hydrogen) atoms. The minimum atomic E-state index is -1.04. The molecule has 6 heteroatoms. The number of para-hydroxylation sites is 2. The van der Waals surface area contributed by atoms with Gasteiger partial charge < -0.3 is 9.38 Å². The molecule has 4 rings (SSSR count). The first-order chi connectivity index (χ1) is 10.8. The highest BCUT2D eigenvalue weighted by molar-refractivity contribution is 7.83. The second kappa shape index (κ2) is 5.38. The van der Waals surface area contributed by atoms with Crippen molar-refractivity contribution in [3.05, 3.63) is 66.4 Å². The molecule has 0 radical (unpaired) electrons. The highest BCUT2D eigenvalue weighted by Gasteiger charge is 2.10. The van der Waals surface area contributed by atoms with Crippen molar-refractivity contribution in [1.29, 1.82) is 0 Å². The largest absolute Gasteiger partial charge is 0.341 e. The van der Waals surface area contributed by atoms with Gasteiger partial charge in [0.05, 0.1) is 22.5 Å². The molecule has 0 bridgehead atoms. The van der Waals surface area contributed by atoms with Gasteiger partial charge in [-0.3, -0.25) is 4.21 Å². The third-order valence-electron chi connectivity index (χ3n) is 3.55. The zero-order valence-electron chi connectivity index (χ0n) is 11.8. The third-order valence-corrected chi connectivity index (χ3v) is 4.78. The van der Waals surface area contributed by atoms with Crippen LogP contribution in [-0.2, 0) is 22.3 Å². The Morgan fingerprint density at radius 1 is 1.09 bits per heavy atom. The van der Waals surface area contributed by atoms with E-state index in [1.807, 2.05) is 53.2 Å². The molecule has 1 N–H and O–H groups in total. The van der Waals surface area contributed by atoms with Crippen molar-refractivity contribution in [1.82, 2.24) is 19.4 Å². The maximum atomic E-state index is 12.4. The number of fused-ring (bicyclic) bond motifs is 2. The van der Waals surface area contributed by atoms with Crippen molar-refractivity contribution in [3.8, 4) is 0 Å². The van der Waals surface area contributed by atoms with E-state index in [2.05, 4.69) is 15.0 Å². The Labute approximate surface area is 129 Å². The molecule has 0 fully saturated rings. The van der Waals surface area contributed by atoms with Gasteiger partial charge in [-0.15, -0.1) is 0 Å². The Balaban J connectivity index is 1.56. The standard InChI is InChI=1S/C16H14N4OS/c21-22(10-12-4-3-8-20-9-7-17-16(12)20)11-15-18-13-5-1-2-6-14(13)19-15/h1-9H,10-11H2,(H,18,19). The van der Waals surface area contributed by atoms with Gasteiger partial charge in [0, 0.05) is 35.0 Å². The summed E-state index contributed by atoms with van der Waals surface area (Å²) in [4.78, 5) is 12.0. The van der Waals surface area contributed by atoms with E-state index in [1.54, 1.807) is 6.20 Å². The number of nitrogens with one attached hydrogen (secondary N) is 1. The average molecular weight is 310 g/mol. The van der Waals surface area contributed by atoms with E-state index < -0.39 is 10.8 Å². The van der Waals surface area contributed by atoms with Gasteiger partial charge in [-0.1, -0.05) is 18.2 Å². The van der Waals surface area contributed by atoms with E-state index in [4.69, 9.17) is 0 Å². The first-order valence-electron chi connectivity index (χ1n) is 6.99. The number of benzene rings is 1.